The van der Waals surface area contributed by atoms with Crippen molar-refractivity contribution < 1.29 is 14.4 Å². The Hall–Kier alpha value is -1.63. The zero-order chi connectivity index (χ0) is 14.4. The molecule has 0 aliphatic carbocycles. The quantitative estimate of drug-likeness (QED) is 0.556. The van der Waals surface area contributed by atoms with Crippen molar-refractivity contribution in [3.8, 4) is 0 Å². The predicted octanol–water partition coefficient (Wildman–Crippen LogP) is -1.69. The van der Waals surface area contributed by atoms with Gasteiger partial charge in [0.1, 0.15) is 6.04 Å². The number of carbonyl (C=O) groups is 3. The number of rotatable bonds is 5. The van der Waals surface area contributed by atoms with E-state index in [1.54, 1.807) is 7.05 Å². The van der Waals surface area contributed by atoms with Crippen LogP contribution in [0.2, 0.25) is 0 Å². The molecular formula is C12H22N4O3. The molecule has 0 aromatic rings. The molecule has 1 saturated heterocycles. The molecule has 1 heterocycles. The normalized spacial score (nSPS) is 18.9. The third-order valence-electron chi connectivity index (χ3n) is 2.77. The molecule has 108 valence electrons. The van der Waals surface area contributed by atoms with Crippen LogP contribution in [0.1, 0.15) is 13.8 Å². The summed E-state index contributed by atoms with van der Waals surface area (Å²) in [5, 5.41) is 8.20. The van der Waals surface area contributed by atoms with E-state index in [1.807, 2.05) is 13.8 Å². The van der Waals surface area contributed by atoms with Gasteiger partial charge in [0, 0.05) is 20.1 Å². The Kier molecular flexibility index (Phi) is 5.75. The zero-order valence-electron chi connectivity index (χ0n) is 11.7. The van der Waals surface area contributed by atoms with Crippen molar-refractivity contribution in [1.82, 2.24) is 20.9 Å². The number of carbonyl (C=O) groups excluding carboxylic acids is 3. The molecule has 0 aromatic carbocycles. The maximum absolute atomic E-state index is 12.0. The summed E-state index contributed by atoms with van der Waals surface area (Å²) >= 11 is 0. The molecule has 3 amide bonds. The van der Waals surface area contributed by atoms with Crippen LogP contribution >= 0.6 is 0 Å². The zero-order valence-corrected chi connectivity index (χ0v) is 11.7. The smallest absolute Gasteiger partial charge is 0.241 e. The molecule has 1 aliphatic heterocycles. The van der Waals surface area contributed by atoms with Crippen LogP contribution in [-0.2, 0) is 14.4 Å². The molecule has 1 atom stereocenters. The number of likely N-dealkylation sites (N-methyl/N-ethyl adjacent to an activating group) is 1. The first kappa shape index (κ1) is 15.4. The molecule has 0 bridgehead atoms. The fourth-order valence-electron chi connectivity index (χ4n) is 1.67. The van der Waals surface area contributed by atoms with Gasteiger partial charge < -0.3 is 15.5 Å². The number of nitrogens with one attached hydrogen (secondary N) is 3. The van der Waals surface area contributed by atoms with E-state index >= 15 is 0 Å². The second-order valence-corrected chi connectivity index (χ2v) is 5.13. The summed E-state index contributed by atoms with van der Waals surface area (Å²) in [5.74, 6) is -0.120. The molecule has 0 spiro atoms. The molecule has 7 nitrogen and oxygen atoms in total. The Morgan fingerprint density at radius 1 is 1.47 bits per heavy atom. The van der Waals surface area contributed by atoms with Crippen LogP contribution in [0.15, 0.2) is 0 Å². The average Bonchev–Trinajstić information content (AvgIpc) is 2.36. The molecule has 0 saturated carbocycles. The molecule has 19 heavy (non-hydrogen) atoms. The van der Waals surface area contributed by atoms with E-state index in [9.17, 15) is 14.4 Å². The first-order valence-electron chi connectivity index (χ1n) is 6.42. The second-order valence-electron chi connectivity index (χ2n) is 5.13. The van der Waals surface area contributed by atoms with Gasteiger partial charge >= 0.3 is 0 Å². The van der Waals surface area contributed by atoms with Crippen LogP contribution in [0, 0.1) is 5.92 Å². The molecule has 3 N–H and O–H groups in total. The Balaban J connectivity index is 2.35. The van der Waals surface area contributed by atoms with Crippen LogP contribution in [0.3, 0.4) is 0 Å². The third-order valence-corrected chi connectivity index (χ3v) is 2.77. The Morgan fingerprint density at radius 2 is 2.16 bits per heavy atom. The molecule has 1 rings (SSSR count). The van der Waals surface area contributed by atoms with E-state index in [4.69, 9.17) is 0 Å². The summed E-state index contributed by atoms with van der Waals surface area (Å²) in [6.45, 7) is 5.02. The topological polar surface area (TPSA) is 90.5 Å². The molecule has 0 radical (unpaired) electrons. The highest BCUT2D eigenvalue weighted by Crippen LogP contribution is 1.96. The number of piperazine rings is 1. The van der Waals surface area contributed by atoms with E-state index in [-0.39, 0.29) is 37.4 Å². The highest BCUT2D eigenvalue weighted by molar-refractivity contribution is 5.89. The number of hydrogen-bond acceptors (Lipinski definition) is 4. The molecule has 7 heteroatoms. The first-order valence-corrected chi connectivity index (χ1v) is 6.42. The Morgan fingerprint density at radius 3 is 2.68 bits per heavy atom. The molecule has 1 unspecified atom stereocenters. The van der Waals surface area contributed by atoms with Gasteiger partial charge in [-0.3, -0.25) is 19.7 Å². The van der Waals surface area contributed by atoms with Crippen LogP contribution in [-0.4, -0.2) is 61.9 Å². The fraction of sp³-hybridized carbons (Fsp3) is 0.750. The first-order chi connectivity index (χ1) is 8.90. The monoisotopic (exact) mass is 270 g/mol. The largest absolute Gasteiger partial charge is 0.354 e. The van der Waals surface area contributed by atoms with Crippen LogP contribution in [0.25, 0.3) is 0 Å². The van der Waals surface area contributed by atoms with Gasteiger partial charge in [0.15, 0.2) is 0 Å². The van der Waals surface area contributed by atoms with Crippen molar-refractivity contribution in [2.24, 2.45) is 5.92 Å². The summed E-state index contributed by atoms with van der Waals surface area (Å²) < 4.78 is 0. The van der Waals surface area contributed by atoms with Gasteiger partial charge in [0.25, 0.3) is 0 Å². The van der Waals surface area contributed by atoms with Gasteiger partial charge in [-0.25, -0.2) is 0 Å². The Labute approximate surface area is 113 Å². The van der Waals surface area contributed by atoms with Crippen LogP contribution < -0.4 is 16.0 Å². The fourth-order valence-corrected chi connectivity index (χ4v) is 1.67. The molecule has 1 aliphatic rings. The summed E-state index contributed by atoms with van der Waals surface area (Å²) in [6, 6.07) is -0.458. The van der Waals surface area contributed by atoms with Gasteiger partial charge in [-0.15, -0.1) is 0 Å². The van der Waals surface area contributed by atoms with Crippen molar-refractivity contribution in [3.63, 3.8) is 0 Å². The molecular weight excluding hydrogens is 248 g/mol. The van der Waals surface area contributed by atoms with Crippen molar-refractivity contribution in [1.29, 1.82) is 0 Å². The van der Waals surface area contributed by atoms with E-state index in [2.05, 4.69) is 16.0 Å². The summed E-state index contributed by atoms with van der Waals surface area (Å²) in [4.78, 5) is 35.9. The lowest BCUT2D eigenvalue weighted by atomic mass is 10.2. The van der Waals surface area contributed by atoms with E-state index < -0.39 is 6.04 Å². The lowest BCUT2D eigenvalue weighted by molar-refractivity contribution is -0.137. The van der Waals surface area contributed by atoms with Gasteiger partial charge in [0.05, 0.1) is 13.1 Å². The van der Waals surface area contributed by atoms with Gasteiger partial charge in [-0.1, -0.05) is 13.8 Å². The SMILES string of the molecule is CC(C)CNC(=O)CN(C)C(=O)C1CNC(=O)CN1. The van der Waals surface area contributed by atoms with Gasteiger partial charge in [-0.2, -0.15) is 0 Å². The average molecular weight is 270 g/mol. The highest BCUT2D eigenvalue weighted by atomic mass is 16.2. The maximum atomic E-state index is 12.0. The van der Waals surface area contributed by atoms with Crippen molar-refractivity contribution >= 4 is 17.7 Å². The summed E-state index contributed by atoms with van der Waals surface area (Å²) in [5.41, 5.74) is 0. The van der Waals surface area contributed by atoms with Crippen LogP contribution in [0.4, 0.5) is 0 Å². The lowest BCUT2D eigenvalue weighted by Crippen LogP contribution is -2.58. The number of amides is 3. The van der Waals surface area contributed by atoms with E-state index in [0.717, 1.165) is 0 Å². The Bertz CT molecular complexity index is 347. The predicted molar refractivity (Wildman–Crippen MR) is 70.3 cm³/mol. The minimum atomic E-state index is -0.458. The molecule has 1 fully saturated rings. The summed E-state index contributed by atoms with van der Waals surface area (Å²) in [7, 11) is 1.58. The van der Waals surface area contributed by atoms with Crippen LogP contribution in [0.5, 0.6) is 0 Å². The van der Waals surface area contributed by atoms with E-state index in [0.29, 0.717) is 12.5 Å². The lowest BCUT2D eigenvalue weighted by Gasteiger charge is -2.27. The third kappa shape index (κ3) is 5.25. The minimum Gasteiger partial charge on any atom is -0.354 e. The summed E-state index contributed by atoms with van der Waals surface area (Å²) in [6.07, 6.45) is 0. The van der Waals surface area contributed by atoms with Gasteiger partial charge in [0.2, 0.25) is 17.7 Å². The minimum absolute atomic E-state index is 0.0255. The highest BCUT2D eigenvalue weighted by Gasteiger charge is 2.26. The maximum Gasteiger partial charge on any atom is 0.241 e. The molecule has 0 aromatic heterocycles. The van der Waals surface area contributed by atoms with Gasteiger partial charge in [-0.05, 0) is 5.92 Å². The second kappa shape index (κ2) is 7.08. The number of hydrogen-bond donors (Lipinski definition) is 3. The van der Waals surface area contributed by atoms with Crippen molar-refractivity contribution in [3.05, 3.63) is 0 Å². The standard InChI is InChI=1S/C12H22N4O3/c1-8(2)4-14-11(18)7-16(3)12(19)9-5-15-10(17)6-13-9/h8-9,13H,4-7H2,1-3H3,(H,14,18)(H,15,17). The van der Waals surface area contributed by atoms with Crippen molar-refractivity contribution in [2.75, 3.05) is 33.2 Å². The van der Waals surface area contributed by atoms with Crippen molar-refractivity contribution in [2.45, 2.75) is 19.9 Å². The van der Waals surface area contributed by atoms with E-state index in [1.165, 1.54) is 4.90 Å². The number of nitrogens with zero attached hydrogens (tertiary/aromatic N) is 1.